The third kappa shape index (κ3) is 1.53. The van der Waals surface area contributed by atoms with Crippen molar-refractivity contribution in [3.05, 3.63) is 46.0 Å². The Hall–Kier alpha value is -1.67. The summed E-state index contributed by atoms with van der Waals surface area (Å²) in [5, 5.41) is 9.31. The largest absolute Gasteiger partial charge is 0.275 e. The Bertz CT molecular complexity index is 612. The Morgan fingerprint density at radius 2 is 2.40 bits per heavy atom. The molecule has 2 rings (SSSR count). The van der Waals surface area contributed by atoms with Crippen LogP contribution in [0.3, 0.4) is 0 Å². The molecule has 2 heterocycles. The van der Waals surface area contributed by atoms with Gasteiger partial charge in [0.1, 0.15) is 17.3 Å². The van der Waals surface area contributed by atoms with Crippen molar-refractivity contribution < 1.29 is 0 Å². The minimum absolute atomic E-state index is 0.0548. The Labute approximate surface area is 93.9 Å². The minimum Gasteiger partial charge on any atom is -0.267 e. The molecule has 0 aliphatic carbocycles. The van der Waals surface area contributed by atoms with E-state index >= 15 is 0 Å². The van der Waals surface area contributed by atoms with Crippen LogP contribution in [0.25, 0.3) is 5.65 Å². The average Bonchev–Trinajstić information content (AvgIpc) is 2.29. The van der Waals surface area contributed by atoms with Crippen LogP contribution in [0.1, 0.15) is 11.1 Å². The number of fused-ring (bicyclic) bond motifs is 1. The van der Waals surface area contributed by atoms with Crippen LogP contribution in [-0.2, 0) is 5.33 Å². The Kier molecular flexibility index (Phi) is 2.52. The summed E-state index contributed by atoms with van der Waals surface area (Å²) in [5.74, 6) is 0. The van der Waals surface area contributed by atoms with Crippen molar-refractivity contribution in [2.24, 2.45) is 0 Å². The molecule has 74 valence electrons. The fourth-order valence-corrected chi connectivity index (χ4v) is 1.78. The van der Waals surface area contributed by atoms with Gasteiger partial charge < -0.3 is 0 Å². The second-order valence-corrected chi connectivity index (χ2v) is 3.51. The second-order valence-electron chi connectivity index (χ2n) is 2.95. The fourth-order valence-electron chi connectivity index (χ4n) is 1.35. The number of halogens is 1. The first-order valence-electron chi connectivity index (χ1n) is 4.23. The normalized spacial score (nSPS) is 10.1. The van der Waals surface area contributed by atoms with Crippen molar-refractivity contribution in [2.75, 3.05) is 0 Å². The van der Waals surface area contributed by atoms with E-state index in [4.69, 9.17) is 5.26 Å². The van der Waals surface area contributed by atoms with Gasteiger partial charge in [-0.2, -0.15) is 5.26 Å². The molecule has 4 nitrogen and oxygen atoms in total. The van der Waals surface area contributed by atoms with Crippen molar-refractivity contribution in [1.82, 2.24) is 9.38 Å². The molecule has 5 heteroatoms. The van der Waals surface area contributed by atoms with E-state index in [9.17, 15) is 4.79 Å². The molecule has 0 saturated heterocycles. The van der Waals surface area contributed by atoms with Crippen LogP contribution in [0, 0.1) is 11.3 Å². The van der Waals surface area contributed by atoms with Crippen molar-refractivity contribution >= 4 is 21.6 Å². The van der Waals surface area contributed by atoms with Gasteiger partial charge in [-0.15, -0.1) is 0 Å². The Morgan fingerprint density at radius 1 is 1.60 bits per heavy atom. The van der Waals surface area contributed by atoms with Crippen molar-refractivity contribution in [3.8, 4) is 6.07 Å². The molecule has 0 amide bonds. The summed E-state index contributed by atoms with van der Waals surface area (Å²) in [4.78, 5) is 15.8. The van der Waals surface area contributed by atoms with Gasteiger partial charge in [-0.05, 0) is 6.07 Å². The zero-order chi connectivity index (χ0) is 10.8. The van der Waals surface area contributed by atoms with Crippen LogP contribution in [0.4, 0.5) is 0 Å². The third-order valence-corrected chi connectivity index (χ3v) is 2.68. The van der Waals surface area contributed by atoms with Crippen molar-refractivity contribution in [2.45, 2.75) is 5.33 Å². The van der Waals surface area contributed by atoms with E-state index < -0.39 is 0 Å². The summed E-state index contributed by atoms with van der Waals surface area (Å²) in [6.07, 6.45) is 2.92. The van der Waals surface area contributed by atoms with Gasteiger partial charge in [0.05, 0.1) is 6.20 Å². The van der Waals surface area contributed by atoms with Gasteiger partial charge in [-0.3, -0.25) is 9.20 Å². The van der Waals surface area contributed by atoms with E-state index in [1.54, 1.807) is 12.3 Å². The molecule has 0 atom stereocenters. The third-order valence-electron chi connectivity index (χ3n) is 2.08. The van der Waals surface area contributed by atoms with E-state index in [1.165, 1.54) is 10.6 Å². The first kappa shape index (κ1) is 9.87. The number of alkyl halides is 1. The number of pyridine rings is 1. The lowest BCUT2D eigenvalue weighted by atomic mass is 10.3. The summed E-state index contributed by atoms with van der Waals surface area (Å²) in [7, 11) is 0. The predicted octanol–water partition coefficient (Wildman–Crippen LogP) is 1.46. The van der Waals surface area contributed by atoms with Crippen molar-refractivity contribution in [3.63, 3.8) is 0 Å². The fraction of sp³-hybridized carbons (Fsp3) is 0.100. The first-order valence-corrected chi connectivity index (χ1v) is 5.35. The molecule has 15 heavy (non-hydrogen) atoms. The van der Waals surface area contributed by atoms with Crippen LogP contribution in [-0.4, -0.2) is 9.38 Å². The van der Waals surface area contributed by atoms with Gasteiger partial charge in [0.2, 0.25) is 0 Å². The summed E-state index contributed by atoms with van der Waals surface area (Å²) in [6, 6.07) is 5.45. The lowest BCUT2D eigenvalue weighted by Gasteiger charge is -2.03. The molecule has 0 aliphatic heterocycles. The number of hydrogen-bond acceptors (Lipinski definition) is 3. The Morgan fingerprint density at radius 3 is 3.07 bits per heavy atom. The standard InChI is InChI=1S/C10H6BrN3O/c11-4-7-2-1-3-14-9(7)13-6-8(5-12)10(14)15/h1-3,6H,4H2. The van der Waals surface area contributed by atoms with Gasteiger partial charge >= 0.3 is 0 Å². The van der Waals surface area contributed by atoms with E-state index in [2.05, 4.69) is 20.9 Å². The smallest absolute Gasteiger partial charge is 0.267 e. The second kappa shape index (κ2) is 3.83. The minimum atomic E-state index is -0.328. The summed E-state index contributed by atoms with van der Waals surface area (Å²) in [6.45, 7) is 0. The van der Waals surface area contributed by atoms with Crippen molar-refractivity contribution in [1.29, 1.82) is 5.26 Å². The molecule has 0 aliphatic rings. The molecule has 0 fully saturated rings. The highest BCUT2D eigenvalue weighted by molar-refractivity contribution is 9.08. The van der Waals surface area contributed by atoms with Crippen LogP contribution in [0.15, 0.2) is 29.3 Å². The van der Waals surface area contributed by atoms with Gasteiger partial charge in [0.15, 0.2) is 0 Å². The highest BCUT2D eigenvalue weighted by Crippen LogP contribution is 2.10. The summed E-state index contributed by atoms with van der Waals surface area (Å²) >= 11 is 3.32. The molecule has 0 bridgehead atoms. The summed E-state index contributed by atoms with van der Waals surface area (Å²) < 4.78 is 1.38. The molecule has 0 spiro atoms. The monoisotopic (exact) mass is 263 g/mol. The van der Waals surface area contributed by atoms with Crippen LogP contribution < -0.4 is 5.56 Å². The van der Waals surface area contributed by atoms with E-state index in [-0.39, 0.29) is 11.1 Å². The molecule has 0 N–H and O–H groups in total. The number of nitrogens with zero attached hydrogens (tertiary/aromatic N) is 3. The van der Waals surface area contributed by atoms with Crippen LogP contribution >= 0.6 is 15.9 Å². The topological polar surface area (TPSA) is 58.2 Å². The molecular formula is C10H6BrN3O. The maximum absolute atomic E-state index is 11.7. The van der Waals surface area contributed by atoms with E-state index in [0.29, 0.717) is 11.0 Å². The molecule has 0 radical (unpaired) electrons. The maximum atomic E-state index is 11.7. The zero-order valence-corrected chi connectivity index (χ0v) is 9.23. The predicted molar refractivity (Wildman–Crippen MR) is 58.8 cm³/mol. The number of nitriles is 1. The van der Waals surface area contributed by atoms with E-state index in [1.807, 2.05) is 12.1 Å². The lowest BCUT2D eigenvalue weighted by molar-refractivity contribution is 1.02. The molecule has 0 aromatic carbocycles. The van der Waals surface area contributed by atoms with E-state index in [0.717, 1.165) is 5.56 Å². The quantitative estimate of drug-likeness (QED) is 0.732. The molecule has 0 unspecified atom stereocenters. The lowest BCUT2D eigenvalue weighted by Crippen LogP contribution is -2.18. The molecular weight excluding hydrogens is 258 g/mol. The average molecular weight is 264 g/mol. The highest BCUT2D eigenvalue weighted by Gasteiger charge is 2.06. The maximum Gasteiger partial charge on any atom is 0.275 e. The first-order chi connectivity index (χ1) is 7.27. The number of rotatable bonds is 1. The highest BCUT2D eigenvalue weighted by atomic mass is 79.9. The Balaban J connectivity index is 2.92. The molecule has 0 saturated carbocycles. The van der Waals surface area contributed by atoms with Crippen LogP contribution in [0.5, 0.6) is 0 Å². The van der Waals surface area contributed by atoms with Gasteiger partial charge in [-0.1, -0.05) is 22.0 Å². The molecule has 2 aromatic heterocycles. The molecule has 2 aromatic rings. The zero-order valence-electron chi connectivity index (χ0n) is 7.64. The van der Waals surface area contributed by atoms with Gasteiger partial charge in [0, 0.05) is 17.1 Å². The van der Waals surface area contributed by atoms with Crippen LogP contribution in [0.2, 0.25) is 0 Å². The SMILES string of the molecule is N#Cc1cnc2c(CBr)cccn2c1=O. The summed E-state index contributed by atoms with van der Waals surface area (Å²) in [5.41, 5.74) is 1.22. The van der Waals surface area contributed by atoms with Gasteiger partial charge in [-0.25, -0.2) is 4.98 Å². The number of aromatic nitrogens is 2. The number of hydrogen-bond donors (Lipinski definition) is 0. The van der Waals surface area contributed by atoms with Gasteiger partial charge in [0.25, 0.3) is 5.56 Å².